The predicted octanol–water partition coefficient (Wildman–Crippen LogP) is -0.501. The number of carbonyl (C=O) groups excluding carboxylic acids is 1. The SMILES string of the molecule is NCCCNC(=O)NCCCC(=O)O. The lowest BCUT2D eigenvalue weighted by Crippen LogP contribution is -2.37. The molecule has 14 heavy (non-hydrogen) atoms. The Morgan fingerprint density at radius 1 is 1.14 bits per heavy atom. The molecule has 82 valence electrons. The third-order valence-corrected chi connectivity index (χ3v) is 1.52. The van der Waals surface area contributed by atoms with Crippen molar-refractivity contribution in [3.63, 3.8) is 0 Å². The van der Waals surface area contributed by atoms with Crippen LogP contribution in [0.15, 0.2) is 0 Å². The zero-order chi connectivity index (χ0) is 10.8. The van der Waals surface area contributed by atoms with Crippen molar-refractivity contribution in [2.24, 2.45) is 5.73 Å². The van der Waals surface area contributed by atoms with E-state index >= 15 is 0 Å². The third-order valence-electron chi connectivity index (χ3n) is 1.52. The van der Waals surface area contributed by atoms with E-state index in [4.69, 9.17) is 10.8 Å². The number of carbonyl (C=O) groups is 2. The molecule has 0 radical (unpaired) electrons. The fourth-order valence-electron chi connectivity index (χ4n) is 0.808. The van der Waals surface area contributed by atoms with Gasteiger partial charge in [0.25, 0.3) is 0 Å². The van der Waals surface area contributed by atoms with Crippen molar-refractivity contribution in [2.45, 2.75) is 19.3 Å². The number of rotatable bonds is 7. The van der Waals surface area contributed by atoms with Gasteiger partial charge in [-0.25, -0.2) is 4.79 Å². The van der Waals surface area contributed by atoms with Crippen LogP contribution in [0.1, 0.15) is 19.3 Å². The Kier molecular flexibility index (Phi) is 7.53. The number of carboxylic acid groups (broad SMARTS) is 1. The van der Waals surface area contributed by atoms with Crippen molar-refractivity contribution in [1.29, 1.82) is 0 Å². The predicted molar refractivity (Wildman–Crippen MR) is 51.9 cm³/mol. The van der Waals surface area contributed by atoms with Crippen molar-refractivity contribution in [1.82, 2.24) is 10.6 Å². The monoisotopic (exact) mass is 203 g/mol. The first-order valence-corrected chi connectivity index (χ1v) is 4.60. The average Bonchev–Trinajstić information content (AvgIpc) is 2.13. The molecule has 0 aromatic heterocycles. The highest BCUT2D eigenvalue weighted by Crippen LogP contribution is 1.85. The van der Waals surface area contributed by atoms with Gasteiger partial charge in [0.15, 0.2) is 0 Å². The first kappa shape index (κ1) is 12.7. The van der Waals surface area contributed by atoms with Crippen LogP contribution in [0, 0.1) is 0 Å². The molecule has 0 heterocycles. The van der Waals surface area contributed by atoms with Crippen LogP contribution in [0.3, 0.4) is 0 Å². The number of nitrogens with two attached hydrogens (primary N) is 1. The van der Waals surface area contributed by atoms with Gasteiger partial charge in [0.2, 0.25) is 0 Å². The van der Waals surface area contributed by atoms with Crippen LogP contribution in [0.4, 0.5) is 4.79 Å². The minimum Gasteiger partial charge on any atom is -0.481 e. The first-order valence-electron chi connectivity index (χ1n) is 4.60. The van der Waals surface area contributed by atoms with Crippen LogP contribution in [-0.2, 0) is 4.79 Å². The fourth-order valence-corrected chi connectivity index (χ4v) is 0.808. The zero-order valence-corrected chi connectivity index (χ0v) is 8.08. The average molecular weight is 203 g/mol. The number of carboxylic acids is 1. The molecule has 0 aliphatic carbocycles. The van der Waals surface area contributed by atoms with E-state index in [1.807, 2.05) is 0 Å². The molecule has 0 saturated heterocycles. The summed E-state index contributed by atoms with van der Waals surface area (Å²) in [7, 11) is 0. The van der Waals surface area contributed by atoms with Crippen molar-refractivity contribution >= 4 is 12.0 Å². The van der Waals surface area contributed by atoms with Gasteiger partial charge in [-0.3, -0.25) is 4.79 Å². The molecular weight excluding hydrogens is 186 g/mol. The van der Waals surface area contributed by atoms with E-state index in [1.165, 1.54) is 0 Å². The van der Waals surface area contributed by atoms with Gasteiger partial charge in [0.05, 0.1) is 0 Å². The largest absolute Gasteiger partial charge is 0.481 e. The molecule has 0 aromatic rings. The van der Waals surface area contributed by atoms with Gasteiger partial charge < -0.3 is 21.5 Å². The number of urea groups is 1. The van der Waals surface area contributed by atoms with Crippen LogP contribution >= 0.6 is 0 Å². The highest BCUT2D eigenvalue weighted by atomic mass is 16.4. The Bertz CT molecular complexity index is 185. The Balaban J connectivity index is 3.22. The third kappa shape index (κ3) is 8.79. The van der Waals surface area contributed by atoms with E-state index in [9.17, 15) is 9.59 Å². The molecule has 2 amide bonds. The number of hydrogen-bond acceptors (Lipinski definition) is 3. The minimum atomic E-state index is -0.852. The van der Waals surface area contributed by atoms with Crippen LogP contribution in [-0.4, -0.2) is 36.7 Å². The maximum absolute atomic E-state index is 11.0. The van der Waals surface area contributed by atoms with Gasteiger partial charge in [0.1, 0.15) is 0 Å². The highest BCUT2D eigenvalue weighted by molar-refractivity contribution is 5.73. The molecule has 0 rings (SSSR count). The summed E-state index contributed by atoms with van der Waals surface area (Å²) in [6, 6.07) is -0.274. The second kappa shape index (κ2) is 8.31. The second-order valence-electron chi connectivity index (χ2n) is 2.82. The quantitative estimate of drug-likeness (QED) is 0.418. The van der Waals surface area contributed by atoms with Gasteiger partial charge in [-0.2, -0.15) is 0 Å². The summed E-state index contributed by atoms with van der Waals surface area (Å²) >= 11 is 0. The van der Waals surface area contributed by atoms with Crippen molar-refractivity contribution in [3.05, 3.63) is 0 Å². The summed E-state index contributed by atoms with van der Waals surface area (Å²) in [4.78, 5) is 21.1. The maximum Gasteiger partial charge on any atom is 0.314 e. The number of hydrogen-bond donors (Lipinski definition) is 4. The van der Waals surface area contributed by atoms with E-state index in [1.54, 1.807) is 0 Å². The van der Waals surface area contributed by atoms with Crippen LogP contribution in [0.5, 0.6) is 0 Å². The molecule has 0 unspecified atom stereocenters. The van der Waals surface area contributed by atoms with Crippen molar-refractivity contribution in [3.8, 4) is 0 Å². The molecule has 0 aliphatic heterocycles. The summed E-state index contributed by atoms with van der Waals surface area (Å²) in [6.45, 7) is 1.46. The van der Waals surface area contributed by atoms with Gasteiger partial charge in [-0.05, 0) is 19.4 Å². The Hall–Kier alpha value is -1.30. The molecule has 5 N–H and O–H groups in total. The van der Waals surface area contributed by atoms with Crippen LogP contribution in [0.25, 0.3) is 0 Å². The molecule has 0 fully saturated rings. The number of aliphatic carboxylic acids is 1. The molecule has 0 bridgehead atoms. The molecule has 0 aliphatic rings. The summed E-state index contributed by atoms with van der Waals surface area (Å²) < 4.78 is 0. The molecule has 0 spiro atoms. The lowest BCUT2D eigenvalue weighted by Gasteiger charge is -2.05. The van der Waals surface area contributed by atoms with Gasteiger partial charge >= 0.3 is 12.0 Å². The molecular formula is C8H17N3O3. The summed E-state index contributed by atoms with van der Waals surface area (Å²) in [5.74, 6) is -0.852. The molecule has 0 saturated carbocycles. The normalized spacial score (nSPS) is 9.50. The molecule has 0 aromatic carbocycles. The van der Waals surface area contributed by atoms with Crippen LogP contribution in [0.2, 0.25) is 0 Å². The van der Waals surface area contributed by atoms with E-state index in [-0.39, 0.29) is 12.5 Å². The maximum atomic E-state index is 11.0. The molecule has 6 heteroatoms. The smallest absolute Gasteiger partial charge is 0.314 e. The van der Waals surface area contributed by atoms with Gasteiger partial charge in [0, 0.05) is 19.5 Å². The fraction of sp³-hybridized carbons (Fsp3) is 0.750. The summed E-state index contributed by atoms with van der Waals surface area (Å²) in [5.41, 5.74) is 5.23. The first-order chi connectivity index (χ1) is 6.66. The highest BCUT2D eigenvalue weighted by Gasteiger charge is 1.99. The van der Waals surface area contributed by atoms with E-state index in [2.05, 4.69) is 10.6 Å². The topological polar surface area (TPSA) is 104 Å². The van der Waals surface area contributed by atoms with Gasteiger partial charge in [-0.15, -0.1) is 0 Å². The standard InChI is InChI=1S/C8H17N3O3/c9-4-2-6-11-8(14)10-5-1-3-7(12)13/h1-6,9H2,(H,12,13)(H2,10,11,14). The lowest BCUT2D eigenvalue weighted by molar-refractivity contribution is -0.137. The minimum absolute atomic E-state index is 0.0725. The van der Waals surface area contributed by atoms with Crippen LogP contribution < -0.4 is 16.4 Å². The molecule has 0 atom stereocenters. The summed E-state index contributed by atoms with van der Waals surface area (Å²) in [6.07, 6.45) is 1.26. The number of nitrogens with one attached hydrogen (secondary N) is 2. The lowest BCUT2D eigenvalue weighted by atomic mass is 10.3. The van der Waals surface area contributed by atoms with Crippen molar-refractivity contribution in [2.75, 3.05) is 19.6 Å². The second-order valence-corrected chi connectivity index (χ2v) is 2.82. The van der Waals surface area contributed by atoms with E-state index in [0.717, 1.165) is 6.42 Å². The summed E-state index contributed by atoms with van der Waals surface area (Å²) in [5, 5.41) is 13.4. The Labute approximate surface area is 82.9 Å². The zero-order valence-electron chi connectivity index (χ0n) is 8.08. The van der Waals surface area contributed by atoms with Crippen molar-refractivity contribution < 1.29 is 14.7 Å². The van der Waals surface area contributed by atoms with Gasteiger partial charge in [-0.1, -0.05) is 0 Å². The Morgan fingerprint density at radius 3 is 2.21 bits per heavy atom. The van der Waals surface area contributed by atoms with E-state index < -0.39 is 5.97 Å². The Morgan fingerprint density at radius 2 is 1.71 bits per heavy atom. The van der Waals surface area contributed by atoms with E-state index in [0.29, 0.717) is 26.1 Å². The molecule has 6 nitrogen and oxygen atoms in total. The number of amides is 2.